The van der Waals surface area contributed by atoms with Crippen LogP contribution in [-0.4, -0.2) is 37.7 Å². The topological polar surface area (TPSA) is 102 Å². The molecule has 1 aliphatic rings. The van der Waals surface area contributed by atoms with Gasteiger partial charge < -0.3 is 5.32 Å². The number of nitrogens with zero attached hydrogens (tertiary/aromatic N) is 4. The van der Waals surface area contributed by atoms with Gasteiger partial charge in [0.05, 0.1) is 5.69 Å². The molecule has 1 aromatic carbocycles. The van der Waals surface area contributed by atoms with Crippen molar-refractivity contribution < 1.29 is 9.59 Å². The van der Waals surface area contributed by atoms with Gasteiger partial charge in [-0.2, -0.15) is 0 Å². The van der Waals surface area contributed by atoms with Crippen LogP contribution in [0.4, 0.5) is 4.79 Å². The zero-order valence-corrected chi connectivity index (χ0v) is 17.6. The third-order valence-corrected chi connectivity index (χ3v) is 5.85. The molecule has 8 nitrogen and oxygen atoms in total. The molecule has 30 heavy (non-hydrogen) atoms. The lowest BCUT2D eigenvalue weighted by atomic mass is 10.1. The molecule has 1 atom stereocenters. The first-order valence-electron chi connectivity index (χ1n) is 9.63. The molecule has 0 saturated carbocycles. The smallest absolute Gasteiger partial charge is 0.321 e. The van der Waals surface area contributed by atoms with Gasteiger partial charge in [-0.15, -0.1) is 10.2 Å². The van der Waals surface area contributed by atoms with Crippen LogP contribution >= 0.6 is 11.8 Å². The Balaban J connectivity index is 1.67. The minimum Gasteiger partial charge on any atom is -0.334 e. The van der Waals surface area contributed by atoms with Gasteiger partial charge in [0.25, 0.3) is 0 Å². The van der Waals surface area contributed by atoms with Crippen LogP contribution in [0.5, 0.6) is 0 Å². The number of benzene rings is 1. The standard InChI is InChI=1S/C21H22N6O2S/c1-13-5-6-14(2)17(8-13)27-18(9-16-10-19(28)24-20(29)23-16)25-26-21(27)30-12-15-4-3-7-22-11-15/h3-8,11,16H,9-10,12H2,1-2H3,(H2,23,24,28,29). The number of pyridine rings is 1. The SMILES string of the molecule is Cc1ccc(C)c(-n2c(CC3CC(=O)NC(=O)N3)nnc2SCc2cccnc2)c1. The number of thioether (sulfide) groups is 1. The summed E-state index contributed by atoms with van der Waals surface area (Å²) in [7, 11) is 0. The van der Waals surface area contributed by atoms with E-state index in [9.17, 15) is 9.59 Å². The molecule has 0 spiro atoms. The number of nitrogens with one attached hydrogen (secondary N) is 2. The van der Waals surface area contributed by atoms with Gasteiger partial charge in [-0.1, -0.05) is 30.0 Å². The molecule has 1 fully saturated rings. The lowest BCUT2D eigenvalue weighted by Crippen LogP contribution is -2.53. The first-order valence-corrected chi connectivity index (χ1v) is 10.6. The van der Waals surface area contributed by atoms with Crippen molar-refractivity contribution in [1.29, 1.82) is 0 Å². The van der Waals surface area contributed by atoms with Gasteiger partial charge in [0.2, 0.25) is 5.91 Å². The van der Waals surface area contributed by atoms with E-state index in [1.165, 1.54) is 0 Å². The van der Waals surface area contributed by atoms with Crippen LogP contribution < -0.4 is 10.6 Å². The number of aromatic nitrogens is 4. The average molecular weight is 423 g/mol. The Labute approximate surface area is 178 Å². The predicted octanol–water partition coefficient (Wildman–Crippen LogP) is 2.71. The molecular weight excluding hydrogens is 400 g/mol. The fourth-order valence-electron chi connectivity index (χ4n) is 3.38. The van der Waals surface area contributed by atoms with Crippen LogP contribution in [0.1, 0.15) is 28.9 Å². The highest BCUT2D eigenvalue weighted by molar-refractivity contribution is 7.98. The lowest BCUT2D eigenvalue weighted by molar-refractivity contribution is -0.121. The number of hydrogen-bond acceptors (Lipinski definition) is 6. The first kappa shape index (κ1) is 20.1. The predicted molar refractivity (Wildman–Crippen MR) is 113 cm³/mol. The van der Waals surface area contributed by atoms with Crippen LogP contribution in [0.25, 0.3) is 5.69 Å². The first-order chi connectivity index (χ1) is 14.5. The Morgan fingerprint density at radius 2 is 2.07 bits per heavy atom. The van der Waals surface area contributed by atoms with E-state index in [2.05, 4.69) is 44.0 Å². The van der Waals surface area contributed by atoms with Gasteiger partial charge in [-0.25, -0.2) is 4.79 Å². The molecule has 154 valence electrons. The van der Waals surface area contributed by atoms with Gasteiger partial charge >= 0.3 is 6.03 Å². The molecule has 4 rings (SSSR count). The molecule has 1 unspecified atom stereocenters. The fourth-order valence-corrected chi connectivity index (χ4v) is 4.28. The monoisotopic (exact) mass is 422 g/mol. The fraction of sp³-hybridized carbons (Fsp3) is 0.286. The summed E-state index contributed by atoms with van der Waals surface area (Å²) in [6.07, 6.45) is 4.21. The maximum absolute atomic E-state index is 11.8. The van der Waals surface area contributed by atoms with E-state index in [4.69, 9.17) is 0 Å². The molecule has 2 aromatic heterocycles. The number of aryl methyl sites for hydroxylation is 2. The van der Waals surface area contributed by atoms with Gasteiger partial charge in [0.1, 0.15) is 5.82 Å². The molecule has 0 bridgehead atoms. The molecule has 3 aromatic rings. The normalized spacial score (nSPS) is 16.3. The van der Waals surface area contributed by atoms with Crippen LogP contribution in [-0.2, 0) is 17.0 Å². The number of imide groups is 1. The Morgan fingerprint density at radius 1 is 1.20 bits per heavy atom. The summed E-state index contributed by atoms with van der Waals surface area (Å²) in [5.74, 6) is 1.13. The Kier molecular flexibility index (Phi) is 5.80. The number of amides is 3. The van der Waals surface area contributed by atoms with Crippen molar-refractivity contribution >= 4 is 23.7 Å². The van der Waals surface area contributed by atoms with Crippen LogP contribution in [0, 0.1) is 13.8 Å². The highest BCUT2D eigenvalue weighted by Gasteiger charge is 2.27. The second-order valence-electron chi connectivity index (χ2n) is 7.30. The van der Waals surface area contributed by atoms with E-state index < -0.39 is 6.03 Å². The summed E-state index contributed by atoms with van der Waals surface area (Å²) in [5.41, 5.74) is 4.31. The van der Waals surface area contributed by atoms with Crippen LogP contribution in [0.15, 0.2) is 47.9 Å². The number of carbonyl (C=O) groups excluding carboxylic acids is 2. The molecule has 1 saturated heterocycles. The second-order valence-corrected chi connectivity index (χ2v) is 8.24. The maximum atomic E-state index is 11.8. The molecule has 9 heteroatoms. The summed E-state index contributed by atoms with van der Waals surface area (Å²) in [6, 6.07) is 9.37. The third kappa shape index (κ3) is 4.51. The van der Waals surface area contributed by atoms with Crippen molar-refractivity contribution in [3.05, 3.63) is 65.2 Å². The van der Waals surface area contributed by atoms with E-state index in [-0.39, 0.29) is 18.4 Å². The summed E-state index contributed by atoms with van der Waals surface area (Å²) >= 11 is 1.58. The van der Waals surface area contributed by atoms with Gasteiger partial charge in [0.15, 0.2) is 5.16 Å². The van der Waals surface area contributed by atoms with Crippen molar-refractivity contribution in [3.63, 3.8) is 0 Å². The molecule has 3 amide bonds. The zero-order valence-electron chi connectivity index (χ0n) is 16.8. The molecular formula is C21H22N6O2S. The molecule has 1 aliphatic heterocycles. The van der Waals surface area contributed by atoms with Gasteiger partial charge in [-0.3, -0.25) is 19.7 Å². The summed E-state index contributed by atoms with van der Waals surface area (Å²) in [6.45, 7) is 4.09. The van der Waals surface area contributed by atoms with Crippen LogP contribution in [0.3, 0.4) is 0 Å². The van der Waals surface area contributed by atoms with Crippen molar-refractivity contribution in [1.82, 2.24) is 30.4 Å². The lowest BCUT2D eigenvalue weighted by Gasteiger charge is -2.23. The Hall–Kier alpha value is -3.20. The Morgan fingerprint density at radius 3 is 2.83 bits per heavy atom. The Bertz CT molecular complexity index is 1070. The maximum Gasteiger partial charge on any atom is 0.321 e. The highest BCUT2D eigenvalue weighted by Crippen LogP contribution is 2.28. The van der Waals surface area contributed by atoms with Crippen molar-refractivity contribution in [3.8, 4) is 5.69 Å². The van der Waals surface area contributed by atoms with E-state index in [1.54, 1.807) is 18.0 Å². The zero-order chi connectivity index (χ0) is 21.1. The second kappa shape index (κ2) is 8.66. The van der Waals surface area contributed by atoms with Crippen molar-refractivity contribution in [2.24, 2.45) is 0 Å². The summed E-state index contributed by atoms with van der Waals surface area (Å²) in [5, 5.41) is 14.7. The van der Waals surface area contributed by atoms with Crippen LogP contribution in [0.2, 0.25) is 0 Å². The molecule has 0 radical (unpaired) electrons. The number of rotatable bonds is 6. The number of urea groups is 1. The number of hydrogen-bond donors (Lipinski definition) is 2. The van der Waals surface area contributed by atoms with E-state index in [0.29, 0.717) is 18.0 Å². The quantitative estimate of drug-likeness (QED) is 0.592. The highest BCUT2D eigenvalue weighted by atomic mass is 32.2. The van der Waals surface area contributed by atoms with Crippen molar-refractivity contribution in [2.45, 2.75) is 43.6 Å². The van der Waals surface area contributed by atoms with E-state index >= 15 is 0 Å². The van der Waals surface area contributed by atoms with E-state index in [1.807, 2.05) is 36.7 Å². The number of carbonyl (C=O) groups is 2. The minimum atomic E-state index is -0.472. The minimum absolute atomic E-state index is 0.212. The molecule has 0 aliphatic carbocycles. The third-order valence-electron chi connectivity index (χ3n) is 4.85. The molecule has 2 N–H and O–H groups in total. The summed E-state index contributed by atoms with van der Waals surface area (Å²) in [4.78, 5) is 27.6. The van der Waals surface area contributed by atoms with E-state index in [0.717, 1.165) is 27.5 Å². The molecule has 3 heterocycles. The average Bonchev–Trinajstić information content (AvgIpc) is 3.10. The van der Waals surface area contributed by atoms with Gasteiger partial charge in [-0.05, 0) is 42.7 Å². The summed E-state index contributed by atoms with van der Waals surface area (Å²) < 4.78 is 2.03. The van der Waals surface area contributed by atoms with Gasteiger partial charge in [0, 0.05) is 37.0 Å². The largest absolute Gasteiger partial charge is 0.334 e. The van der Waals surface area contributed by atoms with Crippen molar-refractivity contribution in [2.75, 3.05) is 0 Å².